The van der Waals surface area contributed by atoms with Gasteiger partial charge >= 0.3 is 0 Å². The molecule has 2 aromatic carbocycles. The minimum Gasteiger partial charge on any atom is -0.490 e. The van der Waals surface area contributed by atoms with Gasteiger partial charge in [0.2, 0.25) is 11.7 Å². The predicted octanol–water partition coefficient (Wildman–Crippen LogP) is 4.69. The summed E-state index contributed by atoms with van der Waals surface area (Å²) in [5, 5.41) is 17.0. The van der Waals surface area contributed by atoms with E-state index in [4.69, 9.17) is 14.1 Å². The van der Waals surface area contributed by atoms with Crippen molar-refractivity contribution in [3.8, 4) is 34.7 Å². The molecule has 0 spiro atoms. The summed E-state index contributed by atoms with van der Waals surface area (Å²) in [6.45, 7) is 6.65. The molecule has 11 nitrogen and oxygen atoms in total. The number of amides is 1. The first-order chi connectivity index (χ1) is 21.6. The van der Waals surface area contributed by atoms with E-state index in [0.29, 0.717) is 53.3 Å². The zero-order valence-electron chi connectivity index (χ0n) is 27.0. The number of benzene rings is 2. The Hall–Kier alpha value is -3.92. The number of fused-ring (bicyclic) bond motifs is 1. The number of likely N-dealkylation sites (N-methyl/N-ethyl adjacent to an activating group) is 2. The highest BCUT2D eigenvalue weighted by atomic mass is 79.9. The first-order valence-corrected chi connectivity index (χ1v) is 15.8. The minimum absolute atomic E-state index is 0.0337. The van der Waals surface area contributed by atoms with Crippen LogP contribution in [0.2, 0.25) is 0 Å². The van der Waals surface area contributed by atoms with Gasteiger partial charge in [-0.2, -0.15) is 10.2 Å². The summed E-state index contributed by atoms with van der Waals surface area (Å²) in [5.74, 6) is 1.31. The quantitative estimate of drug-likeness (QED) is 0.224. The van der Waals surface area contributed by atoms with Crippen molar-refractivity contribution in [1.82, 2.24) is 25.3 Å². The van der Waals surface area contributed by atoms with E-state index in [-0.39, 0.29) is 30.5 Å². The second-order valence-electron chi connectivity index (χ2n) is 10.7. The van der Waals surface area contributed by atoms with Crippen LogP contribution in [0.1, 0.15) is 49.9 Å². The largest absolute Gasteiger partial charge is 0.490 e. The fourth-order valence-electron chi connectivity index (χ4n) is 5.05. The highest BCUT2D eigenvalue weighted by Gasteiger charge is 2.37. The van der Waals surface area contributed by atoms with Crippen LogP contribution in [0.25, 0.3) is 22.8 Å². The summed E-state index contributed by atoms with van der Waals surface area (Å²) in [7, 11) is 7.47. The van der Waals surface area contributed by atoms with E-state index in [1.54, 1.807) is 30.1 Å². The van der Waals surface area contributed by atoms with Gasteiger partial charge in [-0.05, 0) is 83.6 Å². The Morgan fingerprint density at radius 1 is 1.22 bits per heavy atom. The van der Waals surface area contributed by atoms with Gasteiger partial charge in [0.1, 0.15) is 24.4 Å². The number of aromatic nitrogens is 2. The molecule has 3 aromatic rings. The molecule has 1 N–H and O–H groups in total. The molecular weight excluding hydrogens is 640 g/mol. The summed E-state index contributed by atoms with van der Waals surface area (Å²) >= 11 is 2.88. The molecule has 2 unspecified atom stereocenters. The molecule has 1 heterocycles. The SMILES string of the molecule is CCN(C)C(=O)CN(C)C1c2cccc(-c3noc(-c4ccc(OC(C)C)c(C#N)c4)n3)c2CC1CC=O.CNC.O=CCBr. The lowest BCUT2D eigenvalue weighted by Gasteiger charge is -2.30. The number of carbonyl (C=O) groups is 3. The number of carbonyl (C=O) groups excluding carboxylic acids is 3. The average Bonchev–Trinajstić information content (AvgIpc) is 3.66. The van der Waals surface area contributed by atoms with Crippen molar-refractivity contribution >= 4 is 34.4 Å². The summed E-state index contributed by atoms with van der Waals surface area (Å²) < 4.78 is 11.3. The van der Waals surface area contributed by atoms with Gasteiger partial charge in [-0.15, -0.1) is 0 Å². The van der Waals surface area contributed by atoms with E-state index in [9.17, 15) is 14.9 Å². The molecule has 0 aliphatic heterocycles. The monoisotopic (exact) mass is 682 g/mol. The maximum atomic E-state index is 12.6. The van der Waals surface area contributed by atoms with Crippen LogP contribution in [-0.2, 0) is 20.8 Å². The van der Waals surface area contributed by atoms with Crippen molar-refractivity contribution in [1.29, 1.82) is 5.26 Å². The predicted molar refractivity (Wildman–Crippen MR) is 177 cm³/mol. The number of alkyl halides is 1. The first kappa shape index (κ1) is 37.3. The normalized spacial score (nSPS) is 14.8. The fraction of sp³-hybridized carbons (Fsp3) is 0.455. The number of halogens is 1. The van der Waals surface area contributed by atoms with Gasteiger partial charge < -0.3 is 29.1 Å². The standard InChI is InChI=1S/C29H33N5O4.C2H3BrO.C2H7N/c1-6-33(4)26(36)17-34(5)27-19(12-13-35)15-24-22(27)8-7-9-23(24)28-31-29(38-32-28)20-10-11-25(37-18(2)3)21(14-20)16-30;3-1-2-4;1-3-2/h7-11,13-14,18-19,27H,6,12,15,17H2,1-5H3;2H,1H2;3H,1-2H3. The Morgan fingerprint density at radius 2 is 1.91 bits per heavy atom. The highest BCUT2D eigenvalue weighted by Crippen LogP contribution is 2.44. The third-order valence-electron chi connectivity index (χ3n) is 7.04. The van der Waals surface area contributed by atoms with Crippen LogP contribution in [0.15, 0.2) is 40.9 Å². The second-order valence-corrected chi connectivity index (χ2v) is 11.4. The van der Waals surface area contributed by atoms with E-state index in [1.165, 1.54) is 0 Å². The smallest absolute Gasteiger partial charge is 0.258 e. The number of rotatable bonds is 11. The van der Waals surface area contributed by atoms with E-state index < -0.39 is 0 Å². The molecule has 2 atom stereocenters. The van der Waals surface area contributed by atoms with E-state index in [1.807, 2.05) is 65.0 Å². The van der Waals surface area contributed by atoms with Gasteiger partial charge in [0.25, 0.3) is 5.89 Å². The molecule has 1 aliphatic rings. The summed E-state index contributed by atoms with van der Waals surface area (Å²) in [6.07, 6.45) is 2.74. The molecule has 0 saturated carbocycles. The van der Waals surface area contributed by atoms with Crippen LogP contribution >= 0.6 is 15.9 Å². The zero-order chi connectivity index (χ0) is 33.5. The van der Waals surface area contributed by atoms with E-state index >= 15 is 0 Å². The molecule has 45 heavy (non-hydrogen) atoms. The summed E-state index contributed by atoms with van der Waals surface area (Å²) in [5.41, 5.74) is 3.97. The molecule has 12 heteroatoms. The molecule has 1 aliphatic carbocycles. The number of nitrogens with zero attached hydrogens (tertiary/aromatic N) is 5. The third kappa shape index (κ3) is 10.0. The molecule has 1 amide bonds. The van der Waals surface area contributed by atoms with Crippen molar-refractivity contribution in [2.24, 2.45) is 5.92 Å². The van der Waals surface area contributed by atoms with Gasteiger partial charge in [0, 0.05) is 37.2 Å². The number of aldehydes is 2. The van der Waals surface area contributed by atoms with Crippen molar-refractivity contribution in [3.05, 3.63) is 53.1 Å². The lowest BCUT2D eigenvalue weighted by molar-refractivity contribution is -0.131. The Morgan fingerprint density at radius 3 is 2.49 bits per heavy atom. The molecular formula is C33H43BrN6O5. The van der Waals surface area contributed by atoms with Gasteiger partial charge in [0.05, 0.1) is 23.5 Å². The molecule has 1 aromatic heterocycles. The van der Waals surface area contributed by atoms with Crippen molar-refractivity contribution < 1.29 is 23.6 Å². The highest BCUT2D eigenvalue weighted by molar-refractivity contribution is 9.09. The maximum Gasteiger partial charge on any atom is 0.258 e. The Labute approximate surface area is 274 Å². The fourth-order valence-corrected chi connectivity index (χ4v) is 5.05. The number of nitrogens with one attached hydrogen (secondary N) is 1. The van der Waals surface area contributed by atoms with E-state index in [2.05, 4.69) is 37.5 Å². The first-order valence-electron chi connectivity index (χ1n) is 14.7. The third-order valence-corrected chi connectivity index (χ3v) is 7.31. The Bertz CT molecular complexity index is 1450. The molecule has 0 radical (unpaired) electrons. The molecule has 0 saturated heterocycles. The second kappa shape index (κ2) is 18.8. The van der Waals surface area contributed by atoms with Crippen molar-refractivity contribution in [2.75, 3.05) is 46.6 Å². The van der Waals surface area contributed by atoms with Crippen LogP contribution in [-0.4, -0.2) is 91.1 Å². The zero-order valence-corrected chi connectivity index (χ0v) is 28.6. The van der Waals surface area contributed by atoms with Crippen LogP contribution in [0.3, 0.4) is 0 Å². The van der Waals surface area contributed by atoms with Gasteiger partial charge in [-0.1, -0.05) is 39.3 Å². The number of nitriles is 1. The topological polar surface area (TPSA) is 142 Å². The van der Waals surface area contributed by atoms with Gasteiger partial charge in [-0.25, -0.2) is 0 Å². The Balaban J connectivity index is 0.000000917. The van der Waals surface area contributed by atoms with E-state index in [0.717, 1.165) is 29.3 Å². The summed E-state index contributed by atoms with van der Waals surface area (Å²) in [6, 6.07) is 13.2. The van der Waals surface area contributed by atoms with Gasteiger partial charge in [0.15, 0.2) is 0 Å². The minimum atomic E-state index is -0.0811. The average molecular weight is 684 g/mol. The molecule has 0 fully saturated rings. The van der Waals surface area contributed by atoms with Crippen LogP contribution in [0.4, 0.5) is 0 Å². The summed E-state index contributed by atoms with van der Waals surface area (Å²) in [4.78, 5) is 41.7. The lowest BCUT2D eigenvalue weighted by atomic mass is 9.96. The van der Waals surface area contributed by atoms with Crippen molar-refractivity contribution in [2.45, 2.75) is 45.8 Å². The molecule has 4 rings (SSSR count). The number of ether oxygens (including phenoxy) is 1. The number of hydrogen-bond acceptors (Lipinski definition) is 10. The molecule has 242 valence electrons. The van der Waals surface area contributed by atoms with Crippen LogP contribution < -0.4 is 10.1 Å². The maximum absolute atomic E-state index is 12.6. The number of hydrogen-bond donors (Lipinski definition) is 1. The van der Waals surface area contributed by atoms with Crippen LogP contribution in [0, 0.1) is 17.2 Å². The Kier molecular flexibility index (Phi) is 15.6. The van der Waals surface area contributed by atoms with Crippen LogP contribution in [0.5, 0.6) is 5.75 Å². The van der Waals surface area contributed by atoms with Crippen molar-refractivity contribution in [3.63, 3.8) is 0 Å². The lowest BCUT2D eigenvalue weighted by Crippen LogP contribution is -2.39. The van der Waals surface area contributed by atoms with Gasteiger partial charge in [-0.3, -0.25) is 9.69 Å². The molecule has 0 bridgehead atoms.